The van der Waals surface area contributed by atoms with Gasteiger partial charge < -0.3 is 4.42 Å². The lowest BCUT2D eigenvalue weighted by molar-refractivity contribution is 0.631. The van der Waals surface area contributed by atoms with Crippen molar-refractivity contribution in [2.75, 3.05) is 0 Å². The number of hydrogen-bond acceptors (Lipinski definition) is 1. The quantitative estimate of drug-likeness (QED) is 0.246. The number of furan rings is 1. The van der Waals surface area contributed by atoms with Crippen LogP contribution in [0.15, 0.2) is 138 Å². The Bertz CT molecular complexity index is 1730. The van der Waals surface area contributed by atoms with E-state index in [0.717, 1.165) is 22.3 Å². The molecule has 7 aromatic rings. The molecule has 0 radical (unpaired) electrons. The van der Waals surface area contributed by atoms with Crippen molar-refractivity contribution in [3.05, 3.63) is 133 Å². The molecule has 6 aromatic carbocycles. The van der Waals surface area contributed by atoms with Gasteiger partial charge in [0.15, 0.2) is 0 Å². The first-order valence-corrected chi connectivity index (χ1v) is 11.9. The molecule has 1 heteroatoms. The summed E-state index contributed by atoms with van der Waals surface area (Å²) in [6.07, 6.45) is 0. The molecule has 0 amide bonds. The van der Waals surface area contributed by atoms with Crippen molar-refractivity contribution in [1.82, 2.24) is 0 Å². The Hall–Kier alpha value is -4.62. The van der Waals surface area contributed by atoms with Crippen molar-refractivity contribution in [3.8, 4) is 33.6 Å². The average molecular weight is 447 g/mol. The maximum Gasteiger partial charge on any atom is 0.135 e. The van der Waals surface area contributed by atoms with Crippen LogP contribution in [0.3, 0.4) is 0 Å². The van der Waals surface area contributed by atoms with Crippen molar-refractivity contribution < 1.29 is 4.42 Å². The molecule has 7 rings (SSSR count). The van der Waals surface area contributed by atoms with E-state index in [1.54, 1.807) is 0 Å². The number of fused-ring (bicyclic) bond motifs is 3. The first kappa shape index (κ1) is 19.8. The minimum atomic E-state index is 0.895. The molecule has 0 saturated heterocycles. The smallest absolute Gasteiger partial charge is 0.135 e. The van der Waals surface area contributed by atoms with Gasteiger partial charge in [-0.2, -0.15) is 0 Å². The summed E-state index contributed by atoms with van der Waals surface area (Å²) in [6, 6.07) is 47.3. The van der Waals surface area contributed by atoms with Gasteiger partial charge in [-0.3, -0.25) is 0 Å². The average Bonchev–Trinajstić information content (AvgIpc) is 3.37. The minimum absolute atomic E-state index is 0.895. The predicted molar refractivity (Wildman–Crippen MR) is 148 cm³/mol. The second-order valence-electron chi connectivity index (χ2n) is 8.93. The molecule has 0 N–H and O–H groups in total. The van der Waals surface area contributed by atoms with E-state index in [1.807, 2.05) is 18.2 Å². The van der Waals surface area contributed by atoms with Crippen LogP contribution >= 0.6 is 0 Å². The standard InChI is InChI=1S/C34H22O/c1-2-10-24(11-3-1)33-27-13-5-7-15-29(27)34(30-16-8-6-14-28(30)33)25-20-18-23(19-21-25)32-22-26-12-4-9-17-31(26)35-32/h1-22H. The summed E-state index contributed by atoms with van der Waals surface area (Å²) in [7, 11) is 0. The van der Waals surface area contributed by atoms with Gasteiger partial charge in [0.2, 0.25) is 0 Å². The molecule has 0 saturated carbocycles. The highest BCUT2D eigenvalue weighted by atomic mass is 16.3. The molecule has 0 fully saturated rings. The van der Waals surface area contributed by atoms with Crippen molar-refractivity contribution in [2.24, 2.45) is 0 Å². The largest absolute Gasteiger partial charge is 0.456 e. The molecule has 0 atom stereocenters. The number of rotatable bonds is 3. The van der Waals surface area contributed by atoms with Gasteiger partial charge in [0, 0.05) is 10.9 Å². The molecule has 0 aliphatic rings. The van der Waals surface area contributed by atoms with Gasteiger partial charge in [0.1, 0.15) is 11.3 Å². The van der Waals surface area contributed by atoms with Gasteiger partial charge in [-0.15, -0.1) is 0 Å². The number of hydrogen-bond donors (Lipinski definition) is 0. The van der Waals surface area contributed by atoms with Crippen LogP contribution in [0.2, 0.25) is 0 Å². The third kappa shape index (κ3) is 3.25. The topological polar surface area (TPSA) is 13.1 Å². The lowest BCUT2D eigenvalue weighted by Gasteiger charge is -2.17. The maximum absolute atomic E-state index is 6.10. The van der Waals surface area contributed by atoms with E-state index < -0.39 is 0 Å². The fraction of sp³-hybridized carbons (Fsp3) is 0. The predicted octanol–water partition coefficient (Wildman–Crippen LogP) is 9.74. The summed E-state index contributed by atoms with van der Waals surface area (Å²) < 4.78 is 6.10. The van der Waals surface area contributed by atoms with E-state index >= 15 is 0 Å². The second kappa shape index (κ2) is 8.00. The van der Waals surface area contributed by atoms with Gasteiger partial charge >= 0.3 is 0 Å². The Morgan fingerprint density at radius 1 is 0.371 bits per heavy atom. The second-order valence-corrected chi connectivity index (χ2v) is 8.93. The van der Waals surface area contributed by atoms with E-state index in [-0.39, 0.29) is 0 Å². The Morgan fingerprint density at radius 3 is 1.40 bits per heavy atom. The molecule has 0 spiro atoms. The fourth-order valence-corrected chi connectivity index (χ4v) is 5.28. The van der Waals surface area contributed by atoms with E-state index in [9.17, 15) is 0 Å². The van der Waals surface area contributed by atoms with E-state index in [4.69, 9.17) is 4.42 Å². The van der Waals surface area contributed by atoms with E-state index in [2.05, 4.69) is 115 Å². The normalized spacial score (nSPS) is 11.4. The van der Waals surface area contributed by atoms with Crippen molar-refractivity contribution >= 4 is 32.5 Å². The first-order valence-electron chi connectivity index (χ1n) is 11.9. The molecule has 164 valence electrons. The molecule has 0 aliphatic carbocycles. The van der Waals surface area contributed by atoms with Crippen LogP contribution in [-0.2, 0) is 0 Å². The van der Waals surface area contributed by atoms with Gasteiger partial charge in [-0.1, -0.05) is 121 Å². The molecule has 1 nitrogen and oxygen atoms in total. The van der Waals surface area contributed by atoms with Crippen LogP contribution in [0, 0.1) is 0 Å². The highest BCUT2D eigenvalue weighted by Gasteiger charge is 2.16. The van der Waals surface area contributed by atoms with Gasteiger partial charge in [0.05, 0.1) is 0 Å². The minimum Gasteiger partial charge on any atom is -0.456 e. The summed E-state index contributed by atoms with van der Waals surface area (Å²) in [5, 5.41) is 6.20. The third-order valence-electron chi connectivity index (χ3n) is 6.88. The molecule has 35 heavy (non-hydrogen) atoms. The third-order valence-corrected chi connectivity index (χ3v) is 6.88. The van der Waals surface area contributed by atoms with Crippen LogP contribution in [0.25, 0.3) is 66.1 Å². The first-order chi connectivity index (χ1) is 17.4. The maximum atomic E-state index is 6.10. The molecule has 0 aliphatic heterocycles. The molecule has 0 bridgehead atoms. The summed E-state index contributed by atoms with van der Waals surface area (Å²) in [5.74, 6) is 0.895. The molecular formula is C34H22O. The summed E-state index contributed by atoms with van der Waals surface area (Å²) in [6.45, 7) is 0. The molecule has 0 unspecified atom stereocenters. The summed E-state index contributed by atoms with van der Waals surface area (Å²) in [4.78, 5) is 0. The van der Waals surface area contributed by atoms with E-state index in [1.165, 1.54) is 43.8 Å². The van der Waals surface area contributed by atoms with Crippen molar-refractivity contribution in [1.29, 1.82) is 0 Å². The Balaban J connectivity index is 1.46. The molecule has 1 heterocycles. The Kier molecular flexibility index (Phi) is 4.53. The van der Waals surface area contributed by atoms with Crippen LogP contribution in [0.1, 0.15) is 0 Å². The highest BCUT2D eigenvalue weighted by molar-refractivity contribution is 6.21. The zero-order valence-corrected chi connectivity index (χ0v) is 19.1. The van der Waals surface area contributed by atoms with Crippen LogP contribution in [0.5, 0.6) is 0 Å². The summed E-state index contributed by atoms with van der Waals surface area (Å²) >= 11 is 0. The zero-order valence-electron chi connectivity index (χ0n) is 19.1. The highest BCUT2D eigenvalue weighted by Crippen LogP contribution is 2.43. The Morgan fingerprint density at radius 2 is 0.829 bits per heavy atom. The molecular weight excluding hydrogens is 424 g/mol. The summed E-state index contributed by atoms with van der Waals surface area (Å²) in [5.41, 5.74) is 7.01. The van der Waals surface area contributed by atoms with Crippen LogP contribution in [-0.4, -0.2) is 0 Å². The van der Waals surface area contributed by atoms with Gasteiger partial charge in [-0.05, 0) is 55.9 Å². The fourth-order valence-electron chi connectivity index (χ4n) is 5.28. The van der Waals surface area contributed by atoms with E-state index in [0.29, 0.717) is 0 Å². The molecule has 1 aromatic heterocycles. The van der Waals surface area contributed by atoms with Crippen molar-refractivity contribution in [3.63, 3.8) is 0 Å². The SMILES string of the molecule is c1ccc(-c2c3ccccc3c(-c3ccc(-c4cc5ccccc5o4)cc3)c3ccccc23)cc1. The van der Waals surface area contributed by atoms with Crippen molar-refractivity contribution in [2.45, 2.75) is 0 Å². The monoisotopic (exact) mass is 446 g/mol. The van der Waals surface area contributed by atoms with Crippen LogP contribution < -0.4 is 0 Å². The Labute approximate surface area is 203 Å². The van der Waals surface area contributed by atoms with Gasteiger partial charge in [0.25, 0.3) is 0 Å². The zero-order chi connectivity index (χ0) is 23.2. The van der Waals surface area contributed by atoms with Gasteiger partial charge in [-0.25, -0.2) is 0 Å². The van der Waals surface area contributed by atoms with Crippen LogP contribution in [0.4, 0.5) is 0 Å². The number of para-hydroxylation sites is 1. The number of benzene rings is 6. The lowest BCUT2D eigenvalue weighted by Crippen LogP contribution is -1.90. The lowest BCUT2D eigenvalue weighted by atomic mass is 9.86.